The van der Waals surface area contributed by atoms with Gasteiger partial charge < -0.3 is 14.2 Å². The molecule has 2 rings (SSSR count). The summed E-state index contributed by atoms with van der Waals surface area (Å²) in [6, 6.07) is 14.8. The van der Waals surface area contributed by atoms with E-state index in [1.54, 1.807) is 45.9 Å². The van der Waals surface area contributed by atoms with Crippen molar-refractivity contribution in [3.63, 3.8) is 0 Å². The molecule has 0 radical (unpaired) electrons. The molecule has 0 aliphatic heterocycles. The molecular weight excluding hydrogens is 358 g/mol. The van der Waals surface area contributed by atoms with E-state index < -0.39 is 11.7 Å². The van der Waals surface area contributed by atoms with Crippen molar-refractivity contribution in [1.82, 2.24) is 0 Å². The molecule has 0 bridgehead atoms. The van der Waals surface area contributed by atoms with E-state index in [1.165, 1.54) is 0 Å². The molecule has 150 valence electrons. The summed E-state index contributed by atoms with van der Waals surface area (Å²) < 4.78 is 16.2. The van der Waals surface area contributed by atoms with Crippen LogP contribution in [0.3, 0.4) is 0 Å². The number of esters is 1. The number of benzene rings is 2. The number of anilines is 1. The second-order valence-corrected chi connectivity index (χ2v) is 7.21. The molecule has 2 aromatic carbocycles. The molecule has 0 aliphatic rings. The molecule has 0 atom stereocenters. The highest BCUT2D eigenvalue weighted by atomic mass is 16.6. The minimum atomic E-state index is -0.597. The maximum atomic E-state index is 12.0. The summed E-state index contributed by atoms with van der Waals surface area (Å²) in [4.78, 5) is 23.9. The standard InChI is InChI=1S/C22H27NO5/c1-5-26-20(24)13-17-11-12-18(23-21(25)28-22(2,3)4)14-19(17)27-15-16-9-7-6-8-10-16/h6-12,14H,5,13,15H2,1-4H3,(H,23,25). The summed E-state index contributed by atoms with van der Waals surface area (Å²) >= 11 is 0. The number of carbonyl (C=O) groups is 2. The van der Waals surface area contributed by atoms with Crippen LogP contribution in [-0.2, 0) is 27.3 Å². The molecule has 0 aliphatic carbocycles. The largest absolute Gasteiger partial charge is 0.489 e. The fourth-order valence-electron chi connectivity index (χ4n) is 2.44. The smallest absolute Gasteiger partial charge is 0.412 e. The molecule has 0 unspecified atom stereocenters. The van der Waals surface area contributed by atoms with Crippen LogP contribution in [0.2, 0.25) is 0 Å². The molecule has 2 aromatic rings. The third kappa shape index (κ3) is 7.31. The van der Waals surface area contributed by atoms with Gasteiger partial charge in [0.2, 0.25) is 0 Å². The van der Waals surface area contributed by atoms with Gasteiger partial charge in [-0.15, -0.1) is 0 Å². The molecule has 28 heavy (non-hydrogen) atoms. The van der Waals surface area contributed by atoms with E-state index in [4.69, 9.17) is 14.2 Å². The van der Waals surface area contributed by atoms with E-state index in [2.05, 4.69) is 5.32 Å². The van der Waals surface area contributed by atoms with Gasteiger partial charge in [0, 0.05) is 17.3 Å². The second-order valence-electron chi connectivity index (χ2n) is 7.21. The van der Waals surface area contributed by atoms with Gasteiger partial charge in [-0.25, -0.2) is 4.79 Å². The third-order valence-corrected chi connectivity index (χ3v) is 3.59. The van der Waals surface area contributed by atoms with Gasteiger partial charge in [-0.05, 0) is 39.3 Å². The molecular formula is C22H27NO5. The lowest BCUT2D eigenvalue weighted by Gasteiger charge is -2.20. The maximum Gasteiger partial charge on any atom is 0.412 e. The lowest BCUT2D eigenvalue weighted by molar-refractivity contribution is -0.142. The zero-order valence-corrected chi connectivity index (χ0v) is 16.8. The quantitative estimate of drug-likeness (QED) is 0.698. The lowest BCUT2D eigenvalue weighted by Crippen LogP contribution is -2.27. The summed E-state index contributed by atoms with van der Waals surface area (Å²) in [6.45, 7) is 7.80. The van der Waals surface area contributed by atoms with Crippen LogP contribution in [0, 0.1) is 0 Å². The number of rotatable bonds is 7. The number of amides is 1. The van der Waals surface area contributed by atoms with E-state index in [0.29, 0.717) is 30.2 Å². The highest BCUT2D eigenvalue weighted by molar-refractivity contribution is 5.85. The molecule has 1 N–H and O–H groups in total. The Morgan fingerprint density at radius 3 is 2.39 bits per heavy atom. The molecule has 0 fully saturated rings. The van der Waals surface area contributed by atoms with Crippen LogP contribution in [0.4, 0.5) is 10.5 Å². The van der Waals surface area contributed by atoms with Crippen molar-refractivity contribution < 1.29 is 23.8 Å². The van der Waals surface area contributed by atoms with Crippen molar-refractivity contribution in [2.75, 3.05) is 11.9 Å². The number of hydrogen-bond acceptors (Lipinski definition) is 5. The molecule has 6 heteroatoms. The fraction of sp³-hybridized carbons (Fsp3) is 0.364. The van der Waals surface area contributed by atoms with E-state index >= 15 is 0 Å². The summed E-state index contributed by atoms with van der Waals surface area (Å²) in [5.41, 5.74) is 1.60. The van der Waals surface area contributed by atoms with Crippen LogP contribution >= 0.6 is 0 Å². The number of nitrogens with one attached hydrogen (secondary N) is 1. The Bertz CT molecular complexity index is 796. The van der Waals surface area contributed by atoms with E-state index in [0.717, 1.165) is 5.56 Å². The van der Waals surface area contributed by atoms with Gasteiger partial charge >= 0.3 is 12.1 Å². The summed E-state index contributed by atoms with van der Waals surface area (Å²) in [6.07, 6.45) is -0.468. The Morgan fingerprint density at radius 2 is 1.75 bits per heavy atom. The molecule has 6 nitrogen and oxygen atoms in total. The molecule has 0 saturated carbocycles. The Balaban J connectivity index is 2.17. The average Bonchev–Trinajstić information content (AvgIpc) is 2.61. The van der Waals surface area contributed by atoms with Crippen molar-refractivity contribution in [2.45, 2.75) is 46.3 Å². The van der Waals surface area contributed by atoms with Crippen LogP contribution in [-0.4, -0.2) is 24.3 Å². The molecule has 0 saturated heterocycles. The van der Waals surface area contributed by atoms with E-state index in [9.17, 15) is 9.59 Å². The van der Waals surface area contributed by atoms with Crippen LogP contribution < -0.4 is 10.1 Å². The molecule has 0 spiro atoms. The van der Waals surface area contributed by atoms with Gasteiger partial charge in [0.15, 0.2) is 0 Å². The van der Waals surface area contributed by atoms with Gasteiger partial charge in [-0.3, -0.25) is 10.1 Å². The lowest BCUT2D eigenvalue weighted by atomic mass is 10.1. The van der Waals surface area contributed by atoms with Crippen molar-refractivity contribution >= 4 is 17.7 Å². The van der Waals surface area contributed by atoms with Crippen LogP contribution in [0.5, 0.6) is 5.75 Å². The number of carbonyl (C=O) groups excluding carboxylic acids is 2. The normalized spacial score (nSPS) is 10.9. The predicted octanol–water partition coefficient (Wildman–Crippen LogP) is 4.72. The first-order valence-corrected chi connectivity index (χ1v) is 9.22. The van der Waals surface area contributed by atoms with Crippen molar-refractivity contribution in [3.05, 3.63) is 59.7 Å². The predicted molar refractivity (Wildman–Crippen MR) is 107 cm³/mol. The van der Waals surface area contributed by atoms with Crippen LogP contribution in [0.15, 0.2) is 48.5 Å². The highest BCUT2D eigenvalue weighted by Crippen LogP contribution is 2.26. The molecule has 0 aromatic heterocycles. The summed E-state index contributed by atoms with van der Waals surface area (Å²) in [5.74, 6) is 0.172. The Labute approximate surface area is 165 Å². The number of ether oxygens (including phenoxy) is 3. The topological polar surface area (TPSA) is 73.9 Å². The van der Waals surface area contributed by atoms with Crippen molar-refractivity contribution in [1.29, 1.82) is 0 Å². The van der Waals surface area contributed by atoms with Gasteiger partial charge in [-0.2, -0.15) is 0 Å². The average molecular weight is 385 g/mol. The van der Waals surface area contributed by atoms with Crippen molar-refractivity contribution in [2.24, 2.45) is 0 Å². The van der Waals surface area contributed by atoms with Crippen molar-refractivity contribution in [3.8, 4) is 5.75 Å². The minimum Gasteiger partial charge on any atom is -0.489 e. The van der Waals surface area contributed by atoms with Gasteiger partial charge in [0.25, 0.3) is 0 Å². The molecule has 1 amide bonds. The highest BCUT2D eigenvalue weighted by Gasteiger charge is 2.17. The fourth-order valence-corrected chi connectivity index (χ4v) is 2.44. The first-order chi connectivity index (χ1) is 13.3. The third-order valence-electron chi connectivity index (χ3n) is 3.59. The van der Waals surface area contributed by atoms with Gasteiger partial charge in [0.05, 0.1) is 13.0 Å². The first kappa shape index (κ1) is 21.3. The second kappa shape index (κ2) is 9.78. The van der Waals surface area contributed by atoms with E-state index in [-0.39, 0.29) is 12.4 Å². The Kier molecular flexibility index (Phi) is 7.44. The van der Waals surface area contributed by atoms with Crippen LogP contribution in [0.25, 0.3) is 0 Å². The Morgan fingerprint density at radius 1 is 1.04 bits per heavy atom. The van der Waals surface area contributed by atoms with Crippen LogP contribution in [0.1, 0.15) is 38.8 Å². The van der Waals surface area contributed by atoms with Gasteiger partial charge in [-0.1, -0.05) is 36.4 Å². The SMILES string of the molecule is CCOC(=O)Cc1ccc(NC(=O)OC(C)(C)C)cc1OCc1ccccc1. The first-order valence-electron chi connectivity index (χ1n) is 9.22. The molecule has 0 heterocycles. The monoisotopic (exact) mass is 385 g/mol. The minimum absolute atomic E-state index is 0.0880. The maximum absolute atomic E-state index is 12.0. The zero-order valence-electron chi connectivity index (χ0n) is 16.8. The number of hydrogen-bond donors (Lipinski definition) is 1. The summed E-state index contributed by atoms with van der Waals surface area (Å²) in [5, 5.41) is 2.69. The Hall–Kier alpha value is -3.02. The summed E-state index contributed by atoms with van der Waals surface area (Å²) in [7, 11) is 0. The zero-order chi connectivity index (χ0) is 20.6. The van der Waals surface area contributed by atoms with E-state index in [1.807, 2.05) is 30.3 Å². The van der Waals surface area contributed by atoms with Gasteiger partial charge in [0.1, 0.15) is 18.0 Å².